The summed E-state index contributed by atoms with van der Waals surface area (Å²) in [6, 6.07) is 72.8. The second-order valence-electron chi connectivity index (χ2n) is 16.0. The molecule has 3 nitrogen and oxygen atoms in total. The Bertz CT molecular complexity index is 3160. The first-order valence-electron chi connectivity index (χ1n) is 20.4. The monoisotopic (exact) mass is 755 g/mol. The molecule has 0 radical (unpaired) electrons. The van der Waals surface area contributed by atoms with Gasteiger partial charge in [0.1, 0.15) is 0 Å². The van der Waals surface area contributed by atoms with Crippen molar-refractivity contribution in [2.24, 2.45) is 0 Å². The second kappa shape index (κ2) is 13.9. The SMILES string of the molecule is CC1(C)c2ccccc2-c2cccc(-n3c4ccccc4c4ccc(-c5cccc(-c6ccc(N(c7ccccc7)c7ccc(-c8cccnc8)cc7)cc6)c5)cc43)c21. The van der Waals surface area contributed by atoms with E-state index < -0.39 is 0 Å². The van der Waals surface area contributed by atoms with Crippen LogP contribution in [0.25, 0.3) is 72.0 Å². The van der Waals surface area contributed by atoms with Gasteiger partial charge in [-0.15, -0.1) is 0 Å². The number of para-hydroxylation sites is 2. The molecular formula is C56H41N3. The van der Waals surface area contributed by atoms with Gasteiger partial charge in [0.05, 0.1) is 16.7 Å². The Morgan fingerprint density at radius 1 is 0.424 bits per heavy atom. The fourth-order valence-electron chi connectivity index (χ4n) is 9.46. The zero-order valence-electron chi connectivity index (χ0n) is 33.0. The molecule has 0 unspecified atom stereocenters. The van der Waals surface area contributed by atoms with E-state index >= 15 is 0 Å². The van der Waals surface area contributed by atoms with Crippen molar-refractivity contribution in [2.75, 3.05) is 4.90 Å². The Morgan fingerprint density at radius 3 is 1.76 bits per heavy atom. The third kappa shape index (κ3) is 5.77. The van der Waals surface area contributed by atoms with Crippen molar-refractivity contribution >= 4 is 38.9 Å². The summed E-state index contributed by atoms with van der Waals surface area (Å²) in [4.78, 5) is 6.62. The first kappa shape index (κ1) is 34.7. The van der Waals surface area contributed by atoms with E-state index in [0.29, 0.717) is 0 Å². The minimum atomic E-state index is -0.134. The summed E-state index contributed by atoms with van der Waals surface area (Å²) in [6.07, 6.45) is 3.72. The normalized spacial score (nSPS) is 12.7. The Hall–Kier alpha value is -7.49. The molecule has 0 fully saturated rings. The highest BCUT2D eigenvalue weighted by Crippen LogP contribution is 2.52. The molecule has 1 aliphatic carbocycles. The molecule has 1 aliphatic rings. The zero-order chi connectivity index (χ0) is 39.5. The van der Waals surface area contributed by atoms with Gasteiger partial charge < -0.3 is 9.47 Å². The lowest BCUT2D eigenvalue weighted by atomic mass is 9.81. The summed E-state index contributed by atoms with van der Waals surface area (Å²) in [7, 11) is 0. The molecule has 10 aromatic rings. The lowest BCUT2D eigenvalue weighted by Crippen LogP contribution is -2.18. The molecule has 3 heteroatoms. The van der Waals surface area contributed by atoms with Crippen LogP contribution in [0.3, 0.4) is 0 Å². The van der Waals surface area contributed by atoms with Crippen LogP contribution >= 0.6 is 0 Å². The van der Waals surface area contributed by atoms with Gasteiger partial charge in [-0.1, -0.05) is 147 Å². The topological polar surface area (TPSA) is 21.1 Å². The van der Waals surface area contributed by atoms with Crippen LogP contribution in [0.1, 0.15) is 25.0 Å². The number of aromatic nitrogens is 2. The van der Waals surface area contributed by atoms with Crippen molar-refractivity contribution in [3.63, 3.8) is 0 Å². The molecule has 0 amide bonds. The van der Waals surface area contributed by atoms with Crippen molar-refractivity contribution in [1.82, 2.24) is 9.55 Å². The predicted molar refractivity (Wildman–Crippen MR) is 247 cm³/mol. The van der Waals surface area contributed by atoms with Gasteiger partial charge >= 0.3 is 0 Å². The fourth-order valence-corrected chi connectivity index (χ4v) is 9.46. The Kier molecular flexibility index (Phi) is 8.16. The van der Waals surface area contributed by atoms with Gasteiger partial charge in [-0.05, 0) is 122 Å². The molecule has 0 aliphatic heterocycles. The van der Waals surface area contributed by atoms with Crippen LogP contribution in [0.4, 0.5) is 17.1 Å². The minimum absolute atomic E-state index is 0.134. The zero-order valence-corrected chi connectivity index (χ0v) is 33.0. The molecule has 0 N–H and O–H groups in total. The van der Waals surface area contributed by atoms with Gasteiger partial charge in [0.2, 0.25) is 0 Å². The summed E-state index contributed by atoms with van der Waals surface area (Å²) in [6.45, 7) is 4.75. The van der Waals surface area contributed by atoms with Crippen LogP contribution in [-0.4, -0.2) is 9.55 Å². The maximum Gasteiger partial charge on any atom is 0.0547 e. The number of pyridine rings is 1. The van der Waals surface area contributed by atoms with E-state index in [0.717, 1.165) is 28.2 Å². The van der Waals surface area contributed by atoms with E-state index in [9.17, 15) is 0 Å². The molecule has 0 atom stereocenters. The van der Waals surface area contributed by atoms with E-state index in [1.807, 2.05) is 18.5 Å². The van der Waals surface area contributed by atoms with Crippen LogP contribution in [0.15, 0.2) is 213 Å². The smallest absolute Gasteiger partial charge is 0.0547 e. The molecule has 11 rings (SSSR count). The molecule has 0 spiro atoms. The molecule has 280 valence electrons. The van der Waals surface area contributed by atoms with Crippen molar-refractivity contribution in [1.29, 1.82) is 0 Å². The van der Waals surface area contributed by atoms with E-state index in [1.165, 1.54) is 72.0 Å². The largest absolute Gasteiger partial charge is 0.311 e. The average molecular weight is 756 g/mol. The fraction of sp³-hybridized carbons (Fsp3) is 0.0536. The second-order valence-corrected chi connectivity index (χ2v) is 16.0. The van der Waals surface area contributed by atoms with Crippen molar-refractivity contribution < 1.29 is 0 Å². The molecule has 2 heterocycles. The average Bonchev–Trinajstić information content (AvgIpc) is 3.75. The quantitative estimate of drug-likeness (QED) is 0.162. The van der Waals surface area contributed by atoms with Crippen LogP contribution < -0.4 is 4.90 Å². The standard InChI is InChI=1S/C56H41N3/c1-56(2)51-21-8-6-18-47(51)50-20-11-23-53(55(50)56)59-52-22-9-7-19-48(52)49-33-28-42(36-54(49)59)41-14-10-13-40(35-41)38-24-29-45(30-25-38)58(44-16-4-3-5-17-44)46-31-26-39(27-32-46)43-15-12-34-57-37-43/h3-37H,1-2H3. The van der Waals surface area contributed by atoms with Crippen molar-refractivity contribution in [3.8, 4) is 50.2 Å². The lowest BCUT2D eigenvalue weighted by molar-refractivity contribution is 0.656. The summed E-state index contributed by atoms with van der Waals surface area (Å²) in [5, 5.41) is 2.53. The summed E-state index contributed by atoms with van der Waals surface area (Å²) < 4.78 is 2.51. The lowest BCUT2D eigenvalue weighted by Gasteiger charge is -2.26. The Morgan fingerprint density at radius 2 is 1.00 bits per heavy atom. The van der Waals surface area contributed by atoms with Crippen molar-refractivity contribution in [3.05, 3.63) is 224 Å². The molecule has 0 saturated carbocycles. The Balaban J connectivity index is 0.970. The summed E-state index contributed by atoms with van der Waals surface area (Å²) >= 11 is 0. The Labute approximate surface area is 345 Å². The minimum Gasteiger partial charge on any atom is -0.311 e. The van der Waals surface area contributed by atoms with Gasteiger partial charge in [-0.3, -0.25) is 4.98 Å². The first-order valence-corrected chi connectivity index (χ1v) is 20.4. The molecular weight excluding hydrogens is 715 g/mol. The van der Waals surface area contributed by atoms with E-state index in [2.05, 4.69) is 222 Å². The molecule has 59 heavy (non-hydrogen) atoms. The number of nitrogens with zero attached hydrogens (tertiary/aromatic N) is 3. The molecule has 0 saturated heterocycles. The number of rotatable bonds is 7. The summed E-state index contributed by atoms with van der Waals surface area (Å²) in [5.41, 5.74) is 19.3. The predicted octanol–water partition coefficient (Wildman–Crippen LogP) is 15.0. The maximum absolute atomic E-state index is 4.31. The highest BCUT2D eigenvalue weighted by Gasteiger charge is 2.38. The maximum atomic E-state index is 4.31. The van der Waals surface area contributed by atoms with Gasteiger partial charge in [0.15, 0.2) is 0 Å². The van der Waals surface area contributed by atoms with E-state index in [4.69, 9.17) is 0 Å². The van der Waals surface area contributed by atoms with Crippen LogP contribution in [0, 0.1) is 0 Å². The molecule has 0 bridgehead atoms. The van der Waals surface area contributed by atoms with Crippen LogP contribution in [-0.2, 0) is 5.41 Å². The van der Waals surface area contributed by atoms with Crippen LogP contribution in [0.2, 0.25) is 0 Å². The number of benzene rings is 8. The number of hydrogen-bond donors (Lipinski definition) is 0. The highest BCUT2D eigenvalue weighted by atomic mass is 15.1. The van der Waals surface area contributed by atoms with E-state index in [1.54, 1.807) is 0 Å². The molecule has 2 aromatic heterocycles. The van der Waals surface area contributed by atoms with E-state index in [-0.39, 0.29) is 5.41 Å². The third-order valence-electron chi connectivity index (χ3n) is 12.3. The van der Waals surface area contributed by atoms with Gasteiger partial charge in [-0.2, -0.15) is 0 Å². The molecule has 8 aromatic carbocycles. The first-order chi connectivity index (χ1) is 29.0. The van der Waals surface area contributed by atoms with Gasteiger partial charge in [-0.25, -0.2) is 0 Å². The number of fused-ring (bicyclic) bond motifs is 6. The van der Waals surface area contributed by atoms with Gasteiger partial charge in [0, 0.05) is 45.6 Å². The van der Waals surface area contributed by atoms with Gasteiger partial charge in [0.25, 0.3) is 0 Å². The summed E-state index contributed by atoms with van der Waals surface area (Å²) in [5.74, 6) is 0. The highest BCUT2D eigenvalue weighted by molar-refractivity contribution is 6.10. The van der Waals surface area contributed by atoms with Crippen molar-refractivity contribution in [2.45, 2.75) is 19.3 Å². The van der Waals surface area contributed by atoms with Crippen LogP contribution in [0.5, 0.6) is 0 Å². The number of anilines is 3. The third-order valence-corrected chi connectivity index (χ3v) is 12.3. The number of hydrogen-bond acceptors (Lipinski definition) is 2.